The molecule has 2 aliphatic heterocycles. The third kappa shape index (κ3) is 4.09. The summed E-state index contributed by atoms with van der Waals surface area (Å²) in [6, 6.07) is 15.5. The zero-order chi connectivity index (χ0) is 25.4. The van der Waals surface area contributed by atoms with Crippen LogP contribution < -0.4 is 15.0 Å². The van der Waals surface area contributed by atoms with Crippen molar-refractivity contribution in [2.75, 3.05) is 32.1 Å². The van der Waals surface area contributed by atoms with Crippen molar-refractivity contribution in [3.05, 3.63) is 76.2 Å². The van der Waals surface area contributed by atoms with Crippen LogP contribution in [0.3, 0.4) is 0 Å². The SMILES string of the molecule is CCN1C(=O)c2c(nc(C(=O)NC)n2Cc2ccc(OC)c(Cl)c2)N2C[C@@H](Cc3ccccc3)N=C12. The van der Waals surface area contributed by atoms with Gasteiger partial charge in [-0.1, -0.05) is 48.0 Å². The highest BCUT2D eigenvalue weighted by molar-refractivity contribution is 6.32. The molecule has 2 aliphatic rings. The van der Waals surface area contributed by atoms with Gasteiger partial charge in [0, 0.05) is 13.6 Å². The van der Waals surface area contributed by atoms with Gasteiger partial charge in [-0.3, -0.25) is 19.4 Å². The highest BCUT2D eigenvalue weighted by Gasteiger charge is 2.44. The molecule has 0 bridgehead atoms. The standard InChI is InChI=1S/C26H27ClN6O3/c1-4-31-25(35)21-22(33-15-18(29-26(31)33)12-16-8-6-5-7-9-16)30-23(24(34)28-2)32(21)14-17-10-11-20(36-3)19(27)13-17/h5-11,13,18H,4,12,14-15H2,1-3H3,(H,28,34)/t18-/m1/s1. The largest absolute Gasteiger partial charge is 0.495 e. The van der Waals surface area contributed by atoms with Crippen molar-refractivity contribution in [3.63, 3.8) is 0 Å². The van der Waals surface area contributed by atoms with Gasteiger partial charge < -0.3 is 14.6 Å². The number of hydrogen-bond acceptors (Lipinski definition) is 6. The average Bonchev–Trinajstić information content (AvgIpc) is 3.46. The first-order valence-electron chi connectivity index (χ1n) is 11.8. The Kier molecular flexibility index (Phi) is 6.40. The molecule has 0 saturated carbocycles. The Morgan fingerprint density at radius 1 is 1.19 bits per heavy atom. The average molecular weight is 507 g/mol. The number of methoxy groups -OCH3 is 1. The predicted molar refractivity (Wildman–Crippen MR) is 138 cm³/mol. The first-order valence-corrected chi connectivity index (χ1v) is 12.2. The molecule has 186 valence electrons. The van der Waals surface area contributed by atoms with E-state index in [1.54, 1.807) is 35.8 Å². The van der Waals surface area contributed by atoms with Gasteiger partial charge in [0.25, 0.3) is 11.8 Å². The van der Waals surface area contributed by atoms with Gasteiger partial charge in [0.2, 0.25) is 11.8 Å². The van der Waals surface area contributed by atoms with Crippen LogP contribution in [-0.2, 0) is 13.0 Å². The number of nitrogens with zero attached hydrogens (tertiary/aromatic N) is 5. The van der Waals surface area contributed by atoms with E-state index in [2.05, 4.69) is 22.4 Å². The normalized spacial score (nSPS) is 16.5. The molecule has 36 heavy (non-hydrogen) atoms. The summed E-state index contributed by atoms with van der Waals surface area (Å²) in [4.78, 5) is 39.8. The summed E-state index contributed by atoms with van der Waals surface area (Å²) >= 11 is 6.34. The molecule has 0 aliphatic carbocycles. The fourth-order valence-corrected chi connectivity index (χ4v) is 5.01. The van der Waals surface area contributed by atoms with Crippen molar-refractivity contribution in [3.8, 4) is 5.75 Å². The highest BCUT2D eigenvalue weighted by atomic mass is 35.5. The first-order chi connectivity index (χ1) is 17.4. The van der Waals surface area contributed by atoms with E-state index in [0.717, 1.165) is 12.0 Å². The van der Waals surface area contributed by atoms with Crippen LogP contribution in [0.2, 0.25) is 5.02 Å². The number of rotatable bonds is 7. The van der Waals surface area contributed by atoms with Gasteiger partial charge in [0.05, 0.1) is 31.3 Å². The zero-order valence-corrected chi connectivity index (χ0v) is 21.1. The molecule has 10 heteroatoms. The lowest BCUT2D eigenvalue weighted by molar-refractivity contribution is 0.0836. The lowest BCUT2D eigenvalue weighted by Crippen LogP contribution is -2.50. The van der Waals surface area contributed by atoms with E-state index < -0.39 is 0 Å². The number of nitrogens with one attached hydrogen (secondary N) is 1. The monoisotopic (exact) mass is 506 g/mol. The molecule has 5 rings (SSSR count). The number of imidazole rings is 1. The van der Waals surface area contributed by atoms with Crippen molar-refractivity contribution in [2.45, 2.75) is 25.9 Å². The molecule has 0 fully saturated rings. The number of carbonyl (C=O) groups excluding carboxylic acids is 2. The topological polar surface area (TPSA) is 92.1 Å². The molecule has 0 spiro atoms. The van der Waals surface area contributed by atoms with Gasteiger partial charge in [-0.2, -0.15) is 0 Å². The van der Waals surface area contributed by atoms with Crippen molar-refractivity contribution in [2.24, 2.45) is 4.99 Å². The number of fused-ring (bicyclic) bond motifs is 3. The molecule has 3 heterocycles. The number of ether oxygens (including phenoxy) is 1. The maximum atomic E-state index is 13.7. The van der Waals surface area contributed by atoms with Gasteiger partial charge in [-0.15, -0.1) is 0 Å². The highest BCUT2D eigenvalue weighted by Crippen LogP contribution is 2.34. The number of benzene rings is 2. The molecule has 0 saturated heterocycles. The van der Waals surface area contributed by atoms with Crippen LogP contribution in [0.1, 0.15) is 39.2 Å². The van der Waals surface area contributed by atoms with Crippen LogP contribution in [0.4, 0.5) is 5.82 Å². The summed E-state index contributed by atoms with van der Waals surface area (Å²) in [5, 5.41) is 3.09. The van der Waals surface area contributed by atoms with Crippen LogP contribution in [0.5, 0.6) is 5.75 Å². The van der Waals surface area contributed by atoms with Crippen LogP contribution in [0.25, 0.3) is 0 Å². The molecule has 1 aromatic heterocycles. The first kappa shape index (κ1) is 23.9. The fourth-order valence-electron chi connectivity index (χ4n) is 4.73. The molecule has 2 aromatic carbocycles. The quantitative estimate of drug-likeness (QED) is 0.531. The molecule has 3 aromatic rings. The third-order valence-electron chi connectivity index (χ3n) is 6.44. The predicted octanol–water partition coefficient (Wildman–Crippen LogP) is 3.22. The third-order valence-corrected chi connectivity index (χ3v) is 6.74. The van der Waals surface area contributed by atoms with Crippen LogP contribution in [0.15, 0.2) is 53.5 Å². The number of aromatic nitrogens is 2. The Hall–Kier alpha value is -3.85. The second-order valence-corrected chi connectivity index (χ2v) is 9.08. The number of hydrogen-bond donors (Lipinski definition) is 1. The fraction of sp³-hybridized carbons (Fsp3) is 0.308. The van der Waals surface area contributed by atoms with Gasteiger partial charge in [0.1, 0.15) is 5.75 Å². The molecule has 9 nitrogen and oxygen atoms in total. The van der Waals surface area contributed by atoms with Crippen LogP contribution in [-0.4, -0.2) is 65.5 Å². The molecular formula is C26H27ClN6O3. The minimum absolute atomic E-state index is 0.0378. The number of carbonyl (C=O) groups is 2. The van der Waals surface area contributed by atoms with E-state index in [4.69, 9.17) is 21.3 Å². The Morgan fingerprint density at radius 2 is 1.97 bits per heavy atom. The van der Waals surface area contributed by atoms with Crippen LogP contribution >= 0.6 is 11.6 Å². The summed E-state index contributed by atoms with van der Waals surface area (Å²) < 4.78 is 6.92. The van der Waals surface area contributed by atoms with Gasteiger partial charge in [-0.05, 0) is 36.6 Å². The molecule has 1 atom stereocenters. The van der Waals surface area contributed by atoms with Crippen molar-refractivity contribution in [1.29, 1.82) is 0 Å². The smallest absolute Gasteiger partial charge is 0.287 e. The van der Waals surface area contributed by atoms with Crippen molar-refractivity contribution < 1.29 is 14.3 Å². The Balaban J connectivity index is 1.56. The summed E-state index contributed by atoms with van der Waals surface area (Å²) in [5.41, 5.74) is 2.35. The van der Waals surface area contributed by atoms with E-state index in [1.165, 1.54) is 5.56 Å². The molecule has 1 N–H and O–H groups in total. The van der Waals surface area contributed by atoms with E-state index in [1.807, 2.05) is 36.1 Å². The zero-order valence-electron chi connectivity index (χ0n) is 20.4. The summed E-state index contributed by atoms with van der Waals surface area (Å²) in [7, 11) is 3.10. The number of aliphatic imine (C=N–C) groups is 1. The number of anilines is 1. The van der Waals surface area contributed by atoms with E-state index in [-0.39, 0.29) is 30.2 Å². The lowest BCUT2D eigenvalue weighted by Gasteiger charge is -2.33. The molecule has 2 amide bonds. The van der Waals surface area contributed by atoms with Gasteiger partial charge in [0.15, 0.2) is 11.5 Å². The Morgan fingerprint density at radius 3 is 2.64 bits per heavy atom. The Bertz CT molecular complexity index is 1350. The van der Waals surface area contributed by atoms with Crippen molar-refractivity contribution >= 4 is 35.2 Å². The van der Waals surface area contributed by atoms with E-state index in [9.17, 15) is 9.59 Å². The van der Waals surface area contributed by atoms with E-state index in [0.29, 0.717) is 41.3 Å². The van der Waals surface area contributed by atoms with Crippen molar-refractivity contribution in [1.82, 2.24) is 19.8 Å². The summed E-state index contributed by atoms with van der Waals surface area (Å²) in [6.07, 6.45) is 0.745. The lowest BCUT2D eigenvalue weighted by atomic mass is 10.1. The maximum Gasteiger partial charge on any atom is 0.287 e. The summed E-state index contributed by atoms with van der Waals surface area (Å²) in [6.45, 7) is 3.17. The number of halogens is 1. The number of amides is 2. The maximum absolute atomic E-state index is 13.7. The molecule has 0 unspecified atom stereocenters. The van der Waals surface area contributed by atoms with Gasteiger partial charge >= 0.3 is 0 Å². The van der Waals surface area contributed by atoms with Gasteiger partial charge in [-0.25, -0.2) is 9.98 Å². The minimum Gasteiger partial charge on any atom is -0.495 e. The number of guanidine groups is 1. The molecular weight excluding hydrogens is 480 g/mol. The molecule has 0 radical (unpaired) electrons. The second kappa shape index (κ2) is 9.66. The Labute approximate surface area is 214 Å². The second-order valence-electron chi connectivity index (χ2n) is 8.67. The minimum atomic E-state index is -0.377. The van der Waals surface area contributed by atoms with E-state index >= 15 is 0 Å². The van der Waals surface area contributed by atoms with Crippen LogP contribution in [0, 0.1) is 0 Å². The summed E-state index contributed by atoms with van der Waals surface area (Å²) in [5.74, 6) is 1.14.